The molecule has 0 bridgehead atoms. The smallest absolute Gasteiger partial charge is 0.121 e. The van der Waals surface area contributed by atoms with Crippen molar-refractivity contribution in [3.8, 4) is 0 Å². The van der Waals surface area contributed by atoms with E-state index in [9.17, 15) is 0 Å². The van der Waals surface area contributed by atoms with Crippen LogP contribution in [0.25, 0.3) is 0 Å². The fourth-order valence-corrected chi connectivity index (χ4v) is 1.20. The molecule has 3 heteroatoms. The average molecular weight is 144 g/mol. The molecular formula is C7H16N2O. The van der Waals surface area contributed by atoms with Crippen LogP contribution >= 0.6 is 0 Å². The highest BCUT2D eigenvalue weighted by molar-refractivity contribution is 4.91. The van der Waals surface area contributed by atoms with Gasteiger partial charge in [0.2, 0.25) is 0 Å². The second-order valence-electron chi connectivity index (χ2n) is 3.26. The summed E-state index contributed by atoms with van der Waals surface area (Å²) in [6, 6.07) is 0. The molecule has 0 aliphatic carbocycles. The second kappa shape index (κ2) is 2.49. The third-order valence-electron chi connectivity index (χ3n) is 2.33. The minimum atomic E-state index is 0.167. The van der Waals surface area contributed by atoms with Crippen molar-refractivity contribution in [2.45, 2.75) is 5.66 Å². The van der Waals surface area contributed by atoms with E-state index in [0.717, 1.165) is 13.2 Å². The van der Waals surface area contributed by atoms with Gasteiger partial charge in [-0.05, 0) is 28.2 Å². The highest BCUT2D eigenvalue weighted by atomic mass is 16.5. The third kappa shape index (κ3) is 0.944. The maximum Gasteiger partial charge on any atom is 0.121 e. The van der Waals surface area contributed by atoms with Gasteiger partial charge in [-0.3, -0.25) is 9.80 Å². The predicted molar refractivity (Wildman–Crippen MR) is 40.9 cm³/mol. The van der Waals surface area contributed by atoms with Crippen molar-refractivity contribution in [1.29, 1.82) is 0 Å². The van der Waals surface area contributed by atoms with Crippen LogP contribution in [0.5, 0.6) is 0 Å². The SMILES string of the molecule is CN(C)C1(N(C)C)COC1. The van der Waals surface area contributed by atoms with Crippen LogP contribution in [-0.4, -0.2) is 56.9 Å². The molecule has 1 aliphatic heterocycles. The summed E-state index contributed by atoms with van der Waals surface area (Å²) < 4.78 is 5.18. The van der Waals surface area contributed by atoms with Gasteiger partial charge >= 0.3 is 0 Å². The normalized spacial score (nSPS) is 23.4. The van der Waals surface area contributed by atoms with Crippen LogP contribution in [0.1, 0.15) is 0 Å². The van der Waals surface area contributed by atoms with Gasteiger partial charge in [0.15, 0.2) is 0 Å². The number of likely N-dealkylation sites (N-methyl/N-ethyl adjacent to an activating group) is 2. The Morgan fingerprint density at radius 1 is 1.00 bits per heavy atom. The number of rotatable bonds is 2. The van der Waals surface area contributed by atoms with Crippen LogP contribution < -0.4 is 0 Å². The molecule has 0 radical (unpaired) electrons. The highest BCUT2D eigenvalue weighted by Gasteiger charge is 2.42. The van der Waals surface area contributed by atoms with Gasteiger partial charge in [0.05, 0.1) is 13.2 Å². The molecule has 10 heavy (non-hydrogen) atoms. The van der Waals surface area contributed by atoms with Crippen molar-refractivity contribution in [3.05, 3.63) is 0 Å². The fourth-order valence-electron chi connectivity index (χ4n) is 1.20. The zero-order valence-electron chi connectivity index (χ0n) is 7.22. The van der Waals surface area contributed by atoms with Gasteiger partial charge in [-0.15, -0.1) is 0 Å². The number of hydrogen-bond acceptors (Lipinski definition) is 3. The van der Waals surface area contributed by atoms with Crippen molar-refractivity contribution >= 4 is 0 Å². The summed E-state index contributed by atoms with van der Waals surface area (Å²) in [5.74, 6) is 0. The molecule has 0 N–H and O–H groups in total. The summed E-state index contributed by atoms with van der Waals surface area (Å²) in [6.45, 7) is 1.65. The highest BCUT2D eigenvalue weighted by Crippen LogP contribution is 2.24. The van der Waals surface area contributed by atoms with Gasteiger partial charge in [0.25, 0.3) is 0 Å². The van der Waals surface area contributed by atoms with Crippen LogP contribution in [0.4, 0.5) is 0 Å². The van der Waals surface area contributed by atoms with Crippen molar-refractivity contribution in [2.75, 3.05) is 41.4 Å². The summed E-state index contributed by atoms with van der Waals surface area (Å²) in [6.07, 6.45) is 0. The van der Waals surface area contributed by atoms with E-state index in [1.54, 1.807) is 0 Å². The number of nitrogens with zero attached hydrogens (tertiary/aromatic N) is 2. The lowest BCUT2D eigenvalue weighted by atomic mass is 10.1. The Hall–Kier alpha value is -0.120. The molecule has 0 aromatic carbocycles. The molecule has 1 aliphatic rings. The van der Waals surface area contributed by atoms with Crippen molar-refractivity contribution < 1.29 is 4.74 Å². The zero-order chi connectivity index (χ0) is 7.78. The van der Waals surface area contributed by atoms with E-state index in [4.69, 9.17) is 4.74 Å². The van der Waals surface area contributed by atoms with Crippen molar-refractivity contribution in [1.82, 2.24) is 9.80 Å². The molecule has 0 atom stereocenters. The van der Waals surface area contributed by atoms with E-state index in [0.29, 0.717) is 0 Å². The van der Waals surface area contributed by atoms with Crippen molar-refractivity contribution in [3.63, 3.8) is 0 Å². The Morgan fingerprint density at radius 2 is 1.40 bits per heavy atom. The largest absolute Gasteiger partial charge is 0.375 e. The quantitative estimate of drug-likeness (QED) is 0.501. The first-order valence-electron chi connectivity index (χ1n) is 3.52. The third-order valence-corrected chi connectivity index (χ3v) is 2.33. The molecule has 0 aromatic rings. The topological polar surface area (TPSA) is 15.7 Å². The Labute approximate surface area is 62.6 Å². The lowest BCUT2D eigenvalue weighted by Gasteiger charge is -2.50. The Balaban J connectivity index is 2.59. The predicted octanol–water partition coefficient (Wildman–Crippen LogP) is -0.164. The maximum atomic E-state index is 5.18. The molecule has 0 amide bonds. The monoisotopic (exact) mass is 144 g/mol. The molecule has 0 unspecified atom stereocenters. The summed E-state index contributed by atoms with van der Waals surface area (Å²) in [4.78, 5) is 4.41. The van der Waals surface area contributed by atoms with Crippen LogP contribution in [0.15, 0.2) is 0 Å². The molecule has 0 saturated carbocycles. The van der Waals surface area contributed by atoms with Crippen LogP contribution in [0.3, 0.4) is 0 Å². The standard InChI is InChI=1S/C7H16N2O/c1-8(2)7(9(3)4)5-10-6-7/h5-6H2,1-4H3. The molecule has 1 heterocycles. The first kappa shape index (κ1) is 7.98. The molecule has 0 spiro atoms. The lowest BCUT2D eigenvalue weighted by molar-refractivity contribution is -0.192. The minimum Gasteiger partial charge on any atom is -0.375 e. The molecule has 60 valence electrons. The molecule has 3 nitrogen and oxygen atoms in total. The zero-order valence-corrected chi connectivity index (χ0v) is 7.22. The van der Waals surface area contributed by atoms with E-state index in [1.165, 1.54) is 0 Å². The van der Waals surface area contributed by atoms with Gasteiger partial charge in [0.1, 0.15) is 5.66 Å². The maximum absolute atomic E-state index is 5.18. The van der Waals surface area contributed by atoms with Crippen LogP contribution in [-0.2, 0) is 4.74 Å². The summed E-state index contributed by atoms with van der Waals surface area (Å²) in [5, 5.41) is 0. The molecule has 1 rings (SSSR count). The fraction of sp³-hybridized carbons (Fsp3) is 1.00. The summed E-state index contributed by atoms with van der Waals surface area (Å²) >= 11 is 0. The number of hydrogen-bond donors (Lipinski definition) is 0. The first-order valence-corrected chi connectivity index (χ1v) is 3.52. The van der Waals surface area contributed by atoms with Gasteiger partial charge in [-0.2, -0.15) is 0 Å². The summed E-state index contributed by atoms with van der Waals surface area (Å²) in [5.41, 5.74) is 0.167. The lowest BCUT2D eigenvalue weighted by Crippen LogP contribution is -2.67. The van der Waals surface area contributed by atoms with Crippen LogP contribution in [0.2, 0.25) is 0 Å². The molecule has 1 fully saturated rings. The average Bonchev–Trinajstić information content (AvgIpc) is 1.57. The molecule has 1 saturated heterocycles. The summed E-state index contributed by atoms with van der Waals surface area (Å²) in [7, 11) is 8.34. The van der Waals surface area contributed by atoms with E-state index in [2.05, 4.69) is 38.0 Å². The van der Waals surface area contributed by atoms with Gasteiger partial charge in [-0.25, -0.2) is 0 Å². The second-order valence-corrected chi connectivity index (χ2v) is 3.26. The van der Waals surface area contributed by atoms with E-state index in [1.807, 2.05) is 0 Å². The van der Waals surface area contributed by atoms with Crippen molar-refractivity contribution in [2.24, 2.45) is 0 Å². The molecular weight excluding hydrogens is 128 g/mol. The Morgan fingerprint density at radius 3 is 1.40 bits per heavy atom. The molecule has 0 aromatic heterocycles. The van der Waals surface area contributed by atoms with E-state index in [-0.39, 0.29) is 5.66 Å². The number of ether oxygens (including phenoxy) is 1. The van der Waals surface area contributed by atoms with Gasteiger partial charge in [-0.1, -0.05) is 0 Å². The minimum absolute atomic E-state index is 0.167. The Kier molecular flexibility index (Phi) is 1.99. The van der Waals surface area contributed by atoms with Gasteiger partial charge in [0, 0.05) is 0 Å². The first-order chi connectivity index (χ1) is 4.59. The van der Waals surface area contributed by atoms with Crippen LogP contribution in [0, 0.1) is 0 Å². The van der Waals surface area contributed by atoms with E-state index >= 15 is 0 Å². The Bertz CT molecular complexity index is 109. The van der Waals surface area contributed by atoms with Gasteiger partial charge < -0.3 is 4.74 Å². The van der Waals surface area contributed by atoms with E-state index < -0.39 is 0 Å².